The lowest BCUT2D eigenvalue weighted by molar-refractivity contribution is 0.102. The summed E-state index contributed by atoms with van der Waals surface area (Å²) in [6.45, 7) is 4.44. The van der Waals surface area contributed by atoms with E-state index in [1.807, 2.05) is 56.3 Å². The molecule has 1 heterocycles. The monoisotopic (exact) mass is 348 g/mol. The van der Waals surface area contributed by atoms with E-state index >= 15 is 0 Å². The van der Waals surface area contributed by atoms with Crippen LogP contribution in [0.25, 0.3) is 0 Å². The van der Waals surface area contributed by atoms with Crippen LogP contribution < -0.4 is 15.4 Å². The van der Waals surface area contributed by atoms with Crippen molar-refractivity contribution < 1.29 is 9.53 Å². The molecule has 0 aliphatic carbocycles. The first-order valence-corrected chi connectivity index (χ1v) is 8.34. The second kappa shape index (κ2) is 8.11. The summed E-state index contributed by atoms with van der Waals surface area (Å²) in [5.74, 6) is 0.765. The van der Waals surface area contributed by atoms with Crippen LogP contribution in [0.2, 0.25) is 0 Å². The van der Waals surface area contributed by atoms with Crippen molar-refractivity contribution in [1.29, 1.82) is 0 Å². The zero-order valence-electron chi connectivity index (χ0n) is 14.7. The highest BCUT2D eigenvalue weighted by molar-refractivity contribution is 6.04. The molecule has 1 amide bonds. The van der Waals surface area contributed by atoms with Crippen LogP contribution >= 0.6 is 0 Å². The lowest BCUT2D eigenvalue weighted by Crippen LogP contribution is -2.14. The number of benzene rings is 2. The predicted octanol–water partition coefficient (Wildman–Crippen LogP) is 4.18. The highest BCUT2D eigenvalue weighted by atomic mass is 16.5. The molecular formula is C20H20N4O2. The Morgan fingerprint density at radius 2 is 1.73 bits per heavy atom. The summed E-state index contributed by atoms with van der Waals surface area (Å²) in [6, 6.07) is 15.2. The van der Waals surface area contributed by atoms with Gasteiger partial charge in [-0.3, -0.25) is 4.79 Å². The normalized spacial score (nSPS) is 10.2. The molecule has 0 unspecified atom stereocenters. The molecule has 0 fully saturated rings. The maximum absolute atomic E-state index is 12.4. The summed E-state index contributed by atoms with van der Waals surface area (Å²) in [4.78, 5) is 20.8. The fourth-order valence-electron chi connectivity index (χ4n) is 2.32. The second-order valence-electron chi connectivity index (χ2n) is 5.67. The zero-order chi connectivity index (χ0) is 18.4. The zero-order valence-corrected chi connectivity index (χ0v) is 14.7. The second-order valence-corrected chi connectivity index (χ2v) is 5.67. The van der Waals surface area contributed by atoms with E-state index in [1.54, 1.807) is 6.07 Å². The first-order valence-electron chi connectivity index (χ1n) is 8.34. The molecule has 6 nitrogen and oxygen atoms in total. The van der Waals surface area contributed by atoms with Crippen molar-refractivity contribution in [1.82, 2.24) is 9.97 Å². The molecule has 3 rings (SSSR count). The molecule has 0 radical (unpaired) electrons. The van der Waals surface area contributed by atoms with E-state index < -0.39 is 0 Å². The number of rotatable bonds is 6. The van der Waals surface area contributed by atoms with Crippen LogP contribution in [-0.4, -0.2) is 22.5 Å². The number of aryl methyl sites for hydroxylation is 1. The van der Waals surface area contributed by atoms with E-state index in [1.165, 1.54) is 18.0 Å². The van der Waals surface area contributed by atoms with Gasteiger partial charge in [-0.1, -0.05) is 29.8 Å². The van der Waals surface area contributed by atoms with Gasteiger partial charge in [0, 0.05) is 18.1 Å². The van der Waals surface area contributed by atoms with Crippen LogP contribution in [-0.2, 0) is 0 Å². The number of nitrogens with one attached hydrogen (secondary N) is 2. The molecule has 6 heteroatoms. The number of para-hydroxylation sites is 2. The summed E-state index contributed by atoms with van der Waals surface area (Å²) in [5, 5.41) is 5.92. The highest BCUT2D eigenvalue weighted by Gasteiger charge is 2.11. The fourth-order valence-corrected chi connectivity index (χ4v) is 2.32. The molecule has 0 bridgehead atoms. The quantitative estimate of drug-likeness (QED) is 0.699. The molecule has 0 spiro atoms. The molecule has 2 N–H and O–H groups in total. The Kier molecular flexibility index (Phi) is 5.43. The van der Waals surface area contributed by atoms with E-state index in [9.17, 15) is 4.79 Å². The molecule has 26 heavy (non-hydrogen) atoms. The van der Waals surface area contributed by atoms with E-state index in [0.717, 1.165) is 5.69 Å². The van der Waals surface area contributed by atoms with E-state index in [2.05, 4.69) is 20.6 Å². The van der Waals surface area contributed by atoms with Crippen LogP contribution in [0.1, 0.15) is 22.8 Å². The number of carbonyl (C=O) groups is 1. The molecule has 0 saturated heterocycles. The Bertz CT molecular complexity index is 877. The van der Waals surface area contributed by atoms with Gasteiger partial charge < -0.3 is 15.4 Å². The summed E-state index contributed by atoms with van der Waals surface area (Å²) < 4.78 is 5.51. The fraction of sp³-hybridized carbons (Fsp3) is 0.150. The van der Waals surface area contributed by atoms with Gasteiger partial charge in [0.1, 0.15) is 5.75 Å². The first kappa shape index (κ1) is 17.4. The summed E-state index contributed by atoms with van der Waals surface area (Å²) >= 11 is 0. The lowest BCUT2D eigenvalue weighted by Gasteiger charge is -2.11. The van der Waals surface area contributed by atoms with Gasteiger partial charge in [-0.25, -0.2) is 9.97 Å². The van der Waals surface area contributed by atoms with Gasteiger partial charge >= 0.3 is 0 Å². The molecule has 0 aliphatic heterocycles. The van der Waals surface area contributed by atoms with Crippen LogP contribution in [0.5, 0.6) is 5.75 Å². The summed E-state index contributed by atoms with van der Waals surface area (Å²) in [7, 11) is 0. The van der Waals surface area contributed by atoms with Crippen molar-refractivity contribution in [2.45, 2.75) is 13.8 Å². The summed E-state index contributed by atoms with van der Waals surface area (Å²) in [5.41, 5.74) is 3.04. The third-order valence-corrected chi connectivity index (χ3v) is 3.66. The molecule has 132 valence electrons. The molecule has 0 aliphatic rings. The van der Waals surface area contributed by atoms with Gasteiger partial charge in [0.25, 0.3) is 5.91 Å². The van der Waals surface area contributed by atoms with Crippen molar-refractivity contribution in [2.24, 2.45) is 0 Å². The van der Waals surface area contributed by atoms with Gasteiger partial charge in [-0.2, -0.15) is 0 Å². The van der Waals surface area contributed by atoms with Crippen molar-refractivity contribution in [3.05, 3.63) is 72.1 Å². The average molecular weight is 348 g/mol. The van der Waals surface area contributed by atoms with E-state index in [4.69, 9.17) is 4.74 Å². The van der Waals surface area contributed by atoms with Crippen LogP contribution in [0, 0.1) is 6.92 Å². The topological polar surface area (TPSA) is 76.1 Å². The number of amides is 1. The smallest absolute Gasteiger partial charge is 0.258 e. The number of anilines is 3. The predicted molar refractivity (Wildman–Crippen MR) is 102 cm³/mol. The minimum Gasteiger partial charge on any atom is -0.492 e. The lowest BCUT2D eigenvalue weighted by atomic mass is 10.2. The van der Waals surface area contributed by atoms with Crippen LogP contribution in [0.3, 0.4) is 0 Å². The third-order valence-electron chi connectivity index (χ3n) is 3.66. The number of hydrogen-bond donors (Lipinski definition) is 2. The Labute approximate surface area is 152 Å². The minimum absolute atomic E-state index is 0.293. The maximum atomic E-state index is 12.4. The average Bonchev–Trinajstić information content (AvgIpc) is 2.66. The van der Waals surface area contributed by atoms with Gasteiger partial charge in [0.2, 0.25) is 5.95 Å². The van der Waals surface area contributed by atoms with Crippen molar-refractivity contribution in [3.63, 3.8) is 0 Å². The molecular weight excluding hydrogens is 328 g/mol. The SMILES string of the molecule is CCOc1ccccc1NC(=O)c1cnc(Nc2ccc(C)cc2)nc1. The number of nitrogens with zero attached hydrogens (tertiary/aromatic N) is 2. The van der Waals surface area contributed by atoms with Gasteiger partial charge in [0.15, 0.2) is 0 Å². The van der Waals surface area contributed by atoms with Gasteiger partial charge in [-0.15, -0.1) is 0 Å². The van der Waals surface area contributed by atoms with E-state index in [-0.39, 0.29) is 5.91 Å². The Morgan fingerprint density at radius 3 is 2.42 bits per heavy atom. The first-order chi connectivity index (χ1) is 12.7. The number of ether oxygens (including phenoxy) is 1. The highest BCUT2D eigenvalue weighted by Crippen LogP contribution is 2.24. The van der Waals surface area contributed by atoms with Crippen molar-refractivity contribution in [2.75, 3.05) is 17.2 Å². The largest absolute Gasteiger partial charge is 0.492 e. The third kappa shape index (κ3) is 4.36. The molecule has 0 atom stereocenters. The van der Waals surface area contributed by atoms with Crippen molar-refractivity contribution in [3.8, 4) is 5.75 Å². The van der Waals surface area contributed by atoms with Crippen LogP contribution in [0.4, 0.5) is 17.3 Å². The van der Waals surface area contributed by atoms with Crippen LogP contribution in [0.15, 0.2) is 60.9 Å². The van der Waals surface area contributed by atoms with E-state index in [0.29, 0.717) is 29.6 Å². The molecule has 2 aromatic carbocycles. The molecule has 1 aromatic heterocycles. The molecule has 0 saturated carbocycles. The van der Waals surface area contributed by atoms with Gasteiger partial charge in [0.05, 0.1) is 17.9 Å². The van der Waals surface area contributed by atoms with Crippen molar-refractivity contribution >= 4 is 23.2 Å². The Morgan fingerprint density at radius 1 is 1.04 bits per heavy atom. The summed E-state index contributed by atoms with van der Waals surface area (Å²) in [6.07, 6.45) is 2.98. The number of hydrogen-bond acceptors (Lipinski definition) is 5. The minimum atomic E-state index is -0.293. The standard InChI is InChI=1S/C20H20N4O2/c1-3-26-18-7-5-4-6-17(18)24-19(25)15-12-21-20(22-13-15)23-16-10-8-14(2)9-11-16/h4-13H,3H2,1-2H3,(H,24,25)(H,21,22,23). The Hall–Kier alpha value is -3.41. The Balaban J connectivity index is 1.68. The molecule has 3 aromatic rings. The number of aromatic nitrogens is 2. The number of carbonyl (C=O) groups excluding carboxylic acids is 1. The van der Waals surface area contributed by atoms with Gasteiger partial charge in [-0.05, 0) is 38.1 Å². The maximum Gasteiger partial charge on any atom is 0.258 e.